The fraction of sp³-hybridized carbons (Fsp3) is 0.632. The Balaban J connectivity index is 0.00000312. The van der Waals surface area contributed by atoms with Crippen molar-refractivity contribution in [2.45, 2.75) is 32.9 Å². The van der Waals surface area contributed by atoms with Crippen LogP contribution in [0.2, 0.25) is 0 Å². The molecule has 0 saturated carbocycles. The van der Waals surface area contributed by atoms with Crippen molar-refractivity contribution < 1.29 is 0 Å². The van der Waals surface area contributed by atoms with Crippen LogP contribution < -0.4 is 10.6 Å². The van der Waals surface area contributed by atoms with Crippen LogP contribution in [0.1, 0.15) is 30.9 Å². The van der Waals surface area contributed by atoms with Crippen LogP contribution >= 0.6 is 35.7 Å². The molecule has 0 amide bonds. The minimum Gasteiger partial charge on any atom is -0.356 e. The average Bonchev–Trinajstić information content (AvgIpc) is 2.59. The first-order valence-corrected chi connectivity index (χ1v) is 10.3. The largest absolute Gasteiger partial charge is 0.356 e. The number of halogens is 1. The van der Waals surface area contributed by atoms with Crippen molar-refractivity contribution >= 4 is 41.7 Å². The molecule has 1 aliphatic heterocycles. The molecule has 1 aliphatic rings. The van der Waals surface area contributed by atoms with Crippen molar-refractivity contribution in [3.05, 3.63) is 35.4 Å². The summed E-state index contributed by atoms with van der Waals surface area (Å²) in [5.41, 5.74) is 2.70. The van der Waals surface area contributed by atoms with Gasteiger partial charge in [0.15, 0.2) is 5.96 Å². The Morgan fingerprint density at radius 3 is 2.60 bits per heavy atom. The van der Waals surface area contributed by atoms with Crippen LogP contribution in [0.4, 0.5) is 0 Å². The van der Waals surface area contributed by atoms with Crippen molar-refractivity contribution in [1.82, 2.24) is 15.5 Å². The van der Waals surface area contributed by atoms with Crippen molar-refractivity contribution in [3.8, 4) is 0 Å². The van der Waals surface area contributed by atoms with Gasteiger partial charge < -0.3 is 10.6 Å². The highest BCUT2D eigenvalue weighted by atomic mass is 127. The lowest BCUT2D eigenvalue weighted by atomic mass is 9.99. The number of nitrogens with one attached hydrogen (secondary N) is 2. The lowest BCUT2D eigenvalue weighted by Gasteiger charge is -2.30. The zero-order chi connectivity index (χ0) is 17.2. The molecular formula is C19H33IN4S. The van der Waals surface area contributed by atoms with E-state index >= 15 is 0 Å². The summed E-state index contributed by atoms with van der Waals surface area (Å²) in [6.45, 7) is 7.66. The first-order chi connectivity index (χ1) is 11.7. The van der Waals surface area contributed by atoms with Crippen molar-refractivity contribution in [1.29, 1.82) is 0 Å². The van der Waals surface area contributed by atoms with Gasteiger partial charge in [-0.15, -0.1) is 24.0 Å². The van der Waals surface area contributed by atoms with Crippen LogP contribution in [0.25, 0.3) is 0 Å². The highest BCUT2D eigenvalue weighted by Gasteiger charge is 2.15. The van der Waals surface area contributed by atoms with Gasteiger partial charge in [0.2, 0.25) is 0 Å². The quantitative estimate of drug-likeness (QED) is 0.273. The molecule has 1 aromatic rings. The van der Waals surface area contributed by atoms with Gasteiger partial charge in [-0.05, 0) is 42.7 Å². The van der Waals surface area contributed by atoms with Gasteiger partial charge in [-0.2, -0.15) is 11.8 Å². The first kappa shape index (κ1) is 22.6. The molecule has 0 spiro atoms. The lowest BCUT2D eigenvalue weighted by molar-refractivity contribution is 0.176. The molecule has 142 valence electrons. The summed E-state index contributed by atoms with van der Waals surface area (Å²) in [6.07, 6.45) is 4.84. The second-order valence-electron chi connectivity index (χ2n) is 6.64. The number of guanidine groups is 1. The van der Waals surface area contributed by atoms with Crippen LogP contribution in [-0.2, 0) is 13.1 Å². The summed E-state index contributed by atoms with van der Waals surface area (Å²) in [7, 11) is 1.82. The summed E-state index contributed by atoms with van der Waals surface area (Å²) in [5, 5.41) is 6.69. The van der Waals surface area contributed by atoms with E-state index in [0.29, 0.717) is 0 Å². The summed E-state index contributed by atoms with van der Waals surface area (Å²) in [5.74, 6) is 2.80. The first-order valence-electron chi connectivity index (χ1n) is 8.95. The van der Waals surface area contributed by atoms with E-state index in [9.17, 15) is 0 Å². The molecule has 1 saturated heterocycles. The Hall–Kier alpha value is -0.470. The second kappa shape index (κ2) is 12.8. The van der Waals surface area contributed by atoms with E-state index in [1.807, 2.05) is 18.8 Å². The molecule has 1 aromatic carbocycles. The third kappa shape index (κ3) is 8.64. The average molecular weight is 476 g/mol. The number of thioether (sulfide) groups is 1. The van der Waals surface area contributed by atoms with E-state index in [2.05, 4.69) is 58.0 Å². The number of likely N-dealkylation sites (tertiary alicyclic amines) is 1. The van der Waals surface area contributed by atoms with Crippen LogP contribution in [-0.4, -0.2) is 49.6 Å². The van der Waals surface area contributed by atoms with E-state index < -0.39 is 0 Å². The topological polar surface area (TPSA) is 39.7 Å². The third-order valence-corrected chi connectivity index (χ3v) is 5.06. The summed E-state index contributed by atoms with van der Waals surface area (Å²) in [4.78, 5) is 6.84. The highest BCUT2D eigenvalue weighted by molar-refractivity contribution is 14.0. The molecule has 4 nitrogen and oxygen atoms in total. The number of hydrogen-bond donors (Lipinski definition) is 2. The Morgan fingerprint density at radius 1 is 1.24 bits per heavy atom. The lowest BCUT2D eigenvalue weighted by Crippen LogP contribution is -2.37. The predicted molar refractivity (Wildman–Crippen MR) is 122 cm³/mol. The molecule has 6 heteroatoms. The molecule has 1 atom stereocenters. The molecule has 1 fully saturated rings. The Kier molecular flexibility index (Phi) is 11.6. The number of piperidine rings is 1. The minimum atomic E-state index is 0. The zero-order valence-corrected chi connectivity index (χ0v) is 18.9. The molecule has 2 N–H and O–H groups in total. The minimum absolute atomic E-state index is 0. The fourth-order valence-corrected chi connectivity index (χ4v) is 3.44. The SMILES string of the molecule is CN=C(NCCSC)NCc1ccc(CN2CCCC(C)C2)cc1.I. The van der Waals surface area contributed by atoms with Crippen LogP contribution in [0.15, 0.2) is 29.3 Å². The van der Waals surface area contributed by atoms with Crippen LogP contribution in [0, 0.1) is 5.92 Å². The number of rotatable bonds is 7. The molecule has 1 unspecified atom stereocenters. The molecular weight excluding hydrogens is 443 g/mol. The smallest absolute Gasteiger partial charge is 0.191 e. The fourth-order valence-electron chi connectivity index (χ4n) is 3.13. The van der Waals surface area contributed by atoms with Gasteiger partial charge in [0.05, 0.1) is 0 Å². The molecule has 0 aromatic heterocycles. The van der Waals surface area contributed by atoms with E-state index in [1.165, 1.54) is 37.1 Å². The molecule has 25 heavy (non-hydrogen) atoms. The van der Waals surface area contributed by atoms with Gasteiger partial charge in [0.1, 0.15) is 0 Å². The maximum atomic E-state index is 4.26. The van der Waals surface area contributed by atoms with Gasteiger partial charge in [-0.1, -0.05) is 31.2 Å². The maximum absolute atomic E-state index is 4.26. The summed E-state index contributed by atoms with van der Waals surface area (Å²) >= 11 is 1.84. The molecule has 0 radical (unpaired) electrons. The van der Waals surface area contributed by atoms with Crippen LogP contribution in [0.3, 0.4) is 0 Å². The van der Waals surface area contributed by atoms with E-state index in [1.54, 1.807) is 0 Å². The Morgan fingerprint density at radius 2 is 1.96 bits per heavy atom. The Bertz CT molecular complexity index is 507. The summed E-state index contributed by atoms with van der Waals surface area (Å²) in [6, 6.07) is 8.98. The predicted octanol–water partition coefficient (Wildman–Crippen LogP) is 3.56. The van der Waals surface area contributed by atoms with Gasteiger partial charge in [-0.3, -0.25) is 9.89 Å². The molecule has 2 rings (SSSR count). The van der Waals surface area contributed by atoms with Crippen molar-refractivity contribution in [2.75, 3.05) is 38.7 Å². The maximum Gasteiger partial charge on any atom is 0.191 e. The van der Waals surface area contributed by atoms with Crippen molar-refractivity contribution in [3.63, 3.8) is 0 Å². The number of hydrogen-bond acceptors (Lipinski definition) is 3. The molecule has 0 bridgehead atoms. The number of aliphatic imine (C=N–C) groups is 1. The van der Waals surface area contributed by atoms with Gasteiger partial charge >= 0.3 is 0 Å². The van der Waals surface area contributed by atoms with E-state index in [4.69, 9.17) is 0 Å². The van der Waals surface area contributed by atoms with Gasteiger partial charge in [0.25, 0.3) is 0 Å². The van der Waals surface area contributed by atoms with E-state index in [-0.39, 0.29) is 24.0 Å². The molecule has 1 heterocycles. The number of nitrogens with zero attached hydrogens (tertiary/aromatic N) is 2. The monoisotopic (exact) mass is 476 g/mol. The third-order valence-electron chi connectivity index (χ3n) is 4.45. The number of benzene rings is 1. The highest BCUT2D eigenvalue weighted by Crippen LogP contribution is 2.18. The van der Waals surface area contributed by atoms with Crippen molar-refractivity contribution in [2.24, 2.45) is 10.9 Å². The van der Waals surface area contributed by atoms with Crippen LogP contribution in [0.5, 0.6) is 0 Å². The van der Waals surface area contributed by atoms with Gasteiger partial charge in [-0.25, -0.2) is 0 Å². The Labute approximate surface area is 174 Å². The van der Waals surface area contributed by atoms with E-state index in [0.717, 1.165) is 37.3 Å². The zero-order valence-electron chi connectivity index (χ0n) is 15.8. The normalized spacial score (nSPS) is 18.5. The summed E-state index contributed by atoms with van der Waals surface area (Å²) < 4.78 is 0. The second-order valence-corrected chi connectivity index (χ2v) is 7.63. The standard InChI is InChI=1S/C19H32N4S.HI/c1-16-5-4-11-23(14-16)15-18-8-6-17(7-9-18)13-22-19(20-2)21-10-12-24-3;/h6-9,16H,4-5,10-15H2,1-3H3,(H2,20,21,22);1H. The van der Waals surface area contributed by atoms with Gasteiger partial charge in [0, 0.05) is 39.0 Å². The molecule has 0 aliphatic carbocycles.